The van der Waals surface area contributed by atoms with Gasteiger partial charge in [-0.15, -0.1) is 0 Å². The number of aryl methyl sites for hydroxylation is 2. The third-order valence-corrected chi connectivity index (χ3v) is 4.63. The molecule has 1 aromatic carbocycles. The van der Waals surface area contributed by atoms with E-state index >= 15 is 0 Å². The average Bonchev–Trinajstić information content (AvgIpc) is 2.47. The number of hydrogen-bond donors (Lipinski definition) is 0. The molecule has 0 amide bonds. The zero-order chi connectivity index (χ0) is 16.6. The van der Waals surface area contributed by atoms with Gasteiger partial charge >= 0.3 is 0 Å². The minimum atomic E-state index is 0.258. The Balaban J connectivity index is 3.30. The maximum atomic E-state index is 2.45. The molecule has 0 aliphatic heterocycles. The van der Waals surface area contributed by atoms with Crippen LogP contribution >= 0.6 is 0 Å². The zero-order valence-electron chi connectivity index (χ0n) is 16.0. The first-order chi connectivity index (χ1) is 10.5. The van der Waals surface area contributed by atoms with E-state index in [-0.39, 0.29) is 5.41 Å². The maximum absolute atomic E-state index is 2.45. The second kappa shape index (κ2) is 9.38. The quantitative estimate of drug-likeness (QED) is 0.460. The van der Waals surface area contributed by atoms with Crippen LogP contribution in [0.4, 0.5) is 0 Å². The monoisotopic (exact) mass is 302 g/mol. The van der Waals surface area contributed by atoms with Crippen molar-refractivity contribution in [3.05, 3.63) is 34.4 Å². The van der Waals surface area contributed by atoms with Crippen molar-refractivity contribution in [1.29, 1.82) is 0 Å². The highest BCUT2D eigenvalue weighted by Crippen LogP contribution is 2.34. The fourth-order valence-electron chi connectivity index (χ4n) is 3.49. The van der Waals surface area contributed by atoms with Gasteiger partial charge in [0.15, 0.2) is 0 Å². The van der Waals surface area contributed by atoms with Gasteiger partial charge in [-0.25, -0.2) is 0 Å². The van der Waals surface area contributed by atoms with Crippen LogP contribution in [0.1, 0.15) is 102 Å². The molecule has 0 radical (unpaired) electrons. The molecule has 0 heteroatoms. The first-order valence-electron chi connectivity index (χ1n) is 9.59. The molecule has 0 nitrogen and oxygen atoms in total. The Morgan fingerprint density at radius 3 is 1.64 bits per heavy atom. The van der Waals surface area contributed by atoms with Crippen molar-refractivity contribution in [3.63, 3.8) is 0 Å². The van der Waals surface area contributed by atoms with E-state index < -0.39 is 0 Å². The lowest BCUT2D eigenvalue weighted by molar-refractivity contribution is 0.566. The van der Waals surface area contributed by atoms with Gasteiger partial charge in [-0.2, -0.15) is 0 Å². The molecule has 0 bridgehead atoms. The molecule has 0 unspecified atom stereocenters. The normalized spacial score (nSPS) is 11.9. The van der Waals surface area contributed by atoms with Gasteiger partial charge in [0.05, 0.1) is 0 Å². The van der Waals surface area contributed by atoms with Crippen molar-refractivity contribution in [1.82, 2.24) is 0 Å². The number of unbranched alkanes of at least 4 members (excludes halogenated alkanes) is 3. The molecule has 22 heavy (non-hydrogen) atoms. The Labute approximate surface area is 139 Å². The molecular formula is C22H38. The third-order valence-electron chi connectivity index (χ3n) is 4.63. The van der Waals surface area contributed by atoms with Crippen LogP contribution in [-0.2, 0) is 24.7 Å². The smallest absolute Gasteiger partial charge is 0.0126 e. The van der Waals surface area contributed by atoms with Crippen LogP contribution in [0.15, 0.2) is 12.1 Å². The Bertz CT molecular complexity index is 434. The largest absolute Gasteiger partial charge is 0.0654 e. The van der Waals surface area contributed by atoms with Crippen molar-refractivity contribution < 1.29 is 0 Å². The molecule has 0 saturated heterocycles. The van der Waals surface area contributed by atoms with E-state index in [1.807, 2.05) is 0 Å². The minimum absolute atomic E-state index is 0.258. The second-order valence-corrected chi connectivity index (χ2v) is 7.80. The predicted molar refractivity (Wildman–Crippen MR) is 101 cm³/mol. The average molecular weight is 303 g/mol. The van der Waals surface area contributed by atoms with Gasteiger partial charge in [-0.1, -0.05) is 72.9 Å². The number of benzene rings is 1. The Kier molecular flexibility index (Phi) is 8.21. The molecule has 0 aliphatic carbocycles. The molecule has 0 aromatic heterocycles. The van der Waals surface area contributed by atoms with Gasteiger partial charge < -0.3 is 0 Å². The molecule has 0 heterocycles. The standard InChI is InChI=1S/C22H38/c1-7-10-13-18-16-17-19(14-11-8-2)21(22(4,5)6)20(18)15-12-9-3/h16-17H,7-15H2,1-6H3. The summed E-state index contributed by atoms with van der Waals surface area (Å²) in [5.41, 5.74) is 6.86. The summed E-state index contributed by atoms with van der Waals surface area (Å²) in [7, 11) is 0. The summed E-state index contributed by atoms with van der Waals surface area (Å²) in [4.78, 5) is 0. The highest BCUT2D eigenvalue weighted by molar-refractivity contribution is 5.45. The first-order valence-corrected chi connectivity index (χ1v) is 9.59. The molecule has 0 saturated carbocycles. The summed E-state index contributed by atoms with van der Waals surface area (Å²) < 4.78 is 0. The Morgan fingerprint density at radius 1 is 0.682 bits per heavy atom. The van der Waals surface area contributed by atoms with Gasteiger partial charge in [0, 0.05) is 0 Å². The third kappa shape index (κ3) is 5.45. The SMILES string of the molecule is CCCCc1ccc(CCCC)c(C(C)(C)C)c1CCCC. The van der Waals surface area contributed by atoms with Crippen LogP contribution in [0, 0.1) is 0 Å². The molecule has 126 valence electrons. The second-order valence-electron chi connectivity index (χ2n) is 7.80. The molecule has 0 atom stereocenters. The fourth-order valence-corrected chi connectivity index (χ4v) is 3.49. The van der Waals surface area contributed by atoms with Crippen LogP contribution in [0.2, 0.25) is 0 Å². The Hall–Kier alpha value is -0.780. The van der Waals surface area contributed by atoms with Crippen LogP contribution in [0.3, 0.4) is 0 Å². The molecule has 0 aliphatic rings. The van der Waals surface area contributed by atoms with Crippen molar-refractivity contribution in [2.45, 2.75) is 105 Å². The predicted octanol–water partition coefficient (Wildman–Crippen LogP) is 7.01. The topological polar surface area (TPSA) is 0 Å². The molecule has 0 fully saturated rings. The van der Waals surface area contributed by atoms with E-state index in [2.05, 4.69) is 53.7 Å². The van der Waals surface area contributed by atoms with Gasteiger partial charge in [0.2, 0.25) is 0 Å². The van der Waals surface area contributed by atoms with Crippen LogP contribution < -0.4 is 0 Å². The highest BCUT2D eigenvalue weighted by atomic mass is 14.3. The summed E-state index contributed by atoms with van der Waals surface area (Å²) in [6, 6.07) is 4.89. The van der Waals surface area contributed by atoms with Gasteiger partial charge in [0.25, 0.3) is 0 Å². The van der Waals surface area contributed by atoms with Crippen molar-refractivity contribution in [2.75, 3.05) is 0 Å². The van der Waals surface area contributed by atoms with E-state index in [0.29, 0.717) is 0 Å². The molecule has 0 N–H and O–H groups in total. The van der Waals surface area contributed by atoms with E-state index in [0.717, 1.165) is 0 Å². The summed E-state index contributed by atoms with van der Waals surface area (Å²) in [6.07, 6.45) is 11.6. The van der Waals surface area contributed by atoms with Crippen molar-refractivity contribution >= 4 is 0 Å². The highest BCUT2D eigenvalue weighted by Gasteiger charge is 2.23. The lowest BCUT2D eigenvalue weighted by Crippen LogP contribution is -2.19. The lowest BCUT2D eigenvalue weighted by Gasteiger charge is -2.29. The van der Waals surface area contributed by atoms with Gasteiger partial charge in [0.1, 0.15) is 0 Å². The van der Waals surface area contributed by atoms with Crippen molar-refractivity contribution in [3.8, 4) is 0 Å². The van der Waals surface area contributed by atoms with Gasteiger partial charge in [-0.05, 0) is 66.2 Å². The molecule has 1 rings (SSSR count). The Morgan fingerprint density at radius 2 is 1.14 bits per heavy atom. The van der Waals surface area contributed by atoms with Crippen molar-refractivity contribution in [2.24, 2.45) is 0 Å². The first kappa shape index (κ1) is 19.3. The fraction of sp³-hybridized carbons (Fsp3) is 0.727. The van der Waals surface area contributed by atoms with E-state index in [1.54, 1.807) is 22.3 Å². The lowest BCUT2D eigenvalue weighted by atomic mass is 9.76. The number of rotatable bonds is 9. The van der Waals surface area contributed by atoms with Crippen LogP contribution in [0.5, 0.6) is 0 Å². The molecule has 0 spiro atoms. The summed E-state index contributed by atoms with van der Waals surface area (Å²) in [5, 5.41) is 0. The van der Waals surface area contributed by atoms with Gasteiger partial charge in [-0.3, -0.25) is 0 Å². The van der Waals surface area contributed by atoms with E-state index in [1.165, 1.54) is 57.8 Å². The summed E-state index contributed by atoms with van der Waals surface area (Å²) in [6.45, 7) is 14.1. The number of hydrogen-bond acceptors (Lipinski definition) is 0. The molecule has 1 aromatic rings. The van der Waals surface area contributed by atoms with Crippen LogP contribution in [-0.4, -0.2) is 0 Å². The summed E-state index contributed by atoms with van der Waals surface area (Å²) >= 11 is 0. The minimum Gasteiger partial charge on any atom is -0.0654 e. The van der Waals surface area contributed by atoms with Crippen LogP contribution in [0.25, 0.3) is 0 Å². The zero-order valence-corrected chi connectivity index (χ0v) is 16.0. The van der Waals surface area contributed by atoms with E-state index in [4.69, 9.17) is 0 Å². The maximum Gasteiger partial charge on any atom is -0.0126 e. The van der Waals surface area contributed by atoms with E-state index in [9.17, 15) is 0 Å². The summed E-state index contributed by atoms with van der Waals surface area (Å²) in [5.74, 6) is 0. The molecular weight excluding hydrogens is 264 g/mol.